The summed E-state index contributed by atoms with van der Waals surface area (Å²) in [6.07, 6.45) is -4.93. The number of aliphatic hydroxyl groups excluding tert-OH is 2. The number of phosphoric acid groups is 2. The molecule has 3 aliphatic rings. The van der Waals surface area contributed by atoms with E-state index in [4.69, 9.17) is 24.8 Å². The van der Waals surface area contributed by atoms with E-state index in [0.29, 0.717) is 5.82 Å². The molecule has 7 N–H and O–H groups in total. The quantitative estimate of drug-likeness (QED) is 0.186. The number of nitrogens with zero attached hydrogens (tertiary/aromatic N) is 3. The summed E-state index contributed by atoms with van der Waals surface area (Å²) in [5.74, 6) is 0.278. The highest BCUT2D eigenvalue weighted by atomic mass is 31.3. The van der Waals surface area contributed by atoms with Gasteiger partial charge in [-0.1, -0.05) is 0 Å². The largest absolute Gasteiger partial charge is 0.481 e. The lowest BCUT2D eigenvalue weighted by Gasteiger charge is -2.21. The normalized spacial score (nSPS) is 33.8. The van der Waals surface area contributed by atoms with Gasteiger partial charge < -0.3 is 34.9 Å². The highest BCUT2D eigenvalue weighted by Crippen LogP contribution is 2.57. The van der Waals surface area contributed by atoms with E-state index < -0.39 is 53.1 Å². The van der Waals surface area contributed by atoms with Gasteiger partial charge in [0.2, 0.25) is 0 Å². The number of hydrogen-bond acceptors (Lipinski definition) is 11. The number of hydroxylamine groups is 2. The second kappa shape index (κ2) is 6.55. The van der Waals surface area contributed by atoms with Crippen molar-refractivity contribution in [2.45, 2.75) is 30.9 Å². The van der Waals surface area contributed by atoms with Crippen LogP contribution in [0.5, 0.6) is 0 Å². The molecule has 16 nitrogen and oxygen atoms in total. The van der Waals surface area contributed by atoms with Gasteiger partial charge in [-0.05, 0) is 0 Å². The van der Waals surface area contributed by atoms with Crippen LogP contribution in [0.25, 0.3) is 0 Å². The van der Waals surface area contributed by atoms with Crippen molar-refractivity contribution in [2.75, 3.05) is 11.9 Å². The first-order valence-corrected chi connectivity index (χ1v) is 10.6. The smallest absolute Gasteiger partial charge is 0.387 e. The molecule has 3 aliphatic heterocycles. The predicted octanol–water partition coefficient (Wildman–Crippen LogP) is -1.99. The van der Waals surface area contributed by atoms with Crippen LogP contribution >= 0.6 is 15.6 Å². The molecule has 28 heavy (non-hydrogen) atoms. The molecule has 156 valence electrons. The molecule has 0 saturated carbocycles. The maximum Gasteiger partial charge on any atom is 0.481 e. The third-order valence-electron chi connectivity index (χ3n) is 4.10. The molecule has 0 aliphatic carbocycles. The third kappa shape index (κ3) is 3.60. The average molecular weight is 443 g/mol. The van der Waals surface area contributed by atoms with Gasteiger partial charge in [0, 0.05) is 0 Å². The number of imidazole rings is 1. The van der Waals surface area contributed by atoms with Gasteiger partial charge in [0.25, 0.3) is 6.35 Å². The Balaban J connectivity index is 1.47. The first-order valence-electron chi connectivity index (χ1n) is 7.61. The maximum absolute atomic E-state index is 11.5. The number of phosphoric ester groups is 1. The van der Waals surface area contributed by atoms with Gasteiger partial charge in [-0.25, -0.2) is 19.0 Å². The van der Waals surface area contributed by atoms with E-state index in [0.717, 1.165) is 0 Å². The molecule has 0 aromatic carbocycles. The zero-order valence-electron chi connectivity index (χ0n) is 13.6. The van der Waals surface area contributed by atoms with Crippen LogP contribution in [0.3, 0.4) is 0 Å². The van der Waals surface area contributed by atoms with E-state index in [1.165, 1.54) is 16.0 Å². The highest BCUT2D eigenvalue weighted by Gasteiger charge is 2.50. The summed E-state index contributed by atoms with van der Waals surface area (Å²) in [6.45, 7) is -0.817. The summed E-state index contributed by atoms with van der Waals surface area (Å²) < 4.78 is 37.0. The zero-order chi connectivity index (χ0) is 20.4. The van der Waals surface area contributed by atoms with Gasteiger partial charge in [0.15, 0.2) is 12.1 Å². The maximum atomic E-state index is 11.5. The molecule has 1 unspecified atom stereocenters. The molecule has 0 bridgehead atoms. The zero-order valence-corrected chi connectivity index (χ0v) is 15.4. The van der Waals surface area contributed by atoms with Crippen LogP contribution < -0.4 is 5.32 Å². The lowest BCUT2D eigenvalue weighted by Crippen LogP contribution is -2.34. The fraction of sp³-hybridized carbons (Fsp3) is 0.600. The number of anilines is 1. The number of aliphatic hydroxyl groups is 2. The minimum Gasteiger partial charge on any atom is -0.387 e. The number of nitrogens with one attached hydrogen (secondary N) is 2. The van der Waals surface area contributed by atoms with Crippen LogP contribution in [0.15, 0.2) is 6.33 Å². The molecule has 6 atom stereocenters. The summed E-state index contributed by atoms with van der Waals surface area (Å²) in [6, 6.07) is 0. The van der Waals surface area contributed by atoms with Crippen molar-refractivity contribution in [3.8, 4) is 0 Å². The number of amidine groups is 1. The number of hydrogen-bond donors (Lipinski definition) is 7. The van der Waals surface area contributed by atoms with Crippen LogP contribution in [0.1, 0.15) is 11.9 Å². The van der Waals surface area contributed by atoms with Crippen molar-refractivity contribution >= 4 is 27.3 Å². The van der Waals surface area contributed by atoms with Crippen molar-refractivity contribution in [2.24, 2.45) is 0 Å². The monoisotopic (exact) mass is 443 g/mol. The Labute approximate surface area is 155 Å². The lowest BCUT2D eigenvalue weighted by molar-refractivity contribution is -0.0511. The number of fused-ring (bicyclic) bond motifs is 2. The Morgan fingerprint density at radius 1 is 1.29 bits per heavy atom. The standard InChI is InChI=1S/C10H15N5O11P2/c11-7-4-8(13-10-15(7)25-10)14(2-12-4)9-6(17)5(16)3(24-9)1-23-28(21,22)26-27(18,19)20/h2-3,5-6,9-11,13,16-17H,1H2,(H,21,22)(H2,18,19,20)/t3-,5-,6-,9-,10-,15?/m1/s1. The Morgan fingerprint density at radius 3 is 2.68 bits per heavy atom. The van der Waals surface area contributed by atoms with E-state index in [1.807, 2.05) is 0 Å². The first kappa shape index (κ1) is 19.9. The molecule has 2 saturated heterocycles. The average Bonchev–Trinajstić information content (AvgIpc) is 3.15. The minimum absolute atomic E-state index is 0.0128. The minimum atomic E-state index is -5.30. The van der Waals surface area contributed by atoms with Crippen molar-refractivity contribution in [1.29, 1.82) is 5.41 Å². The van der Waals surface area contributed by atoms with E-state index >= 15 is 0 Å². The fourth-order valence-corrected chi connectivity index (χ4v) is 4.45. The van der Waals surface area contributed by atoms with E-state index in [2.05, 4.69) is 19.1 Å². The van der Waals surface area contributed by atoms with Crippen molar-refractivity contribution in [1.82, 2.24) is 14.6 Å². The van der Waals surface area contributed by atoms with Crippen LogP contribution in [-0.2, 0) is 27.5 Å². The SMILES string of the molecule is N=C1c2ncn([C@@H]3O[C@H](COP(=O)(O)OP(=O)(O)O)[C@@H](O)[C@H]3O)c2N[C@H]2ON12. The number of ether oxygens (including phenoxy) is 1. The molecule has 1 aromatic heterocycles. The van der Waals surface area contributed by atoms with Crippen molar-refractivity contribution in [3.05, 3.63) is 12.0 Å². The van der Waals surface area contributed by atoms with E-state index in [-0.39, 0.29) is 11.5 Å². The number of aromatic nitrogens is 2. The molecule has 0 radical (unpaired) electrons. The molecular formula is C10H15N5O11P2. The highest BCUT2D eigenvalue weighted by molar-refractivity contribution is 7.60. The molecule has 1 aromatic rings. The second-order valence-corrected chi connectivity index (χ2v) is 8.84. The number of rotatable bonds is 6. The topological polar surface area (TPSA) is 232 Å². The molecule has 4 heterocycles. The summed E-state index contributed by atoms with van der Waals surface area (Å²) in [4.78, 5) is 35.5. The first-order chi connectivity index (χ1) is 13.0. The van der Waals surface area contributed by atoms with Crippen molar-refractivity contribution < 1.29 is 52.4 Å². The van der Waals surface area contributed by atoms with Crippen molar-refractivity contribution in [3.63, 3.8) is 0 Å². The summed E-state index contributed by atoms with van der Waals surface area (Å²) in [7, 11) is -10.4. The lowest BCUT2D eigenvalue weighted by atomic mass is 10.1. The van der Waals surface area contributed by atoms with Crippen LogP contribution in [0.4, 0.5) is 5.82 Å². The van der Waals surface area contributed by atoms with E-state index in [1.54, 1.807) is 0 Å². The van der Waals surface area contributed by atoms with Gasteiger partial charge in [-0.2, -0.15) is 9.37 Å². The Bertz CT molecular complexity index is 902. The van der Waals surface area contributed by atoms with Crippen LogP contribution in [0, 0.1) is 5.41 Å². The predicted molar refractivity (Wildman–Crippen MR) is 84.2 cm³/mol. The molecular weight excluding hydrogens is 428 g/mol. The van der Waals surface area contributed by atoms with Gasteiger partial charge in [-0.3, -0.25) is 14.5 Å². The van der Waals surface area contributed by atoms with Crippen LogP contribution in [-0.4, -0.2) is 76.6 Å². The molecule has 0 amide bonds. The molecule has 4 rings (SSSR count). The molecule has 18 heteroatoms. The van der Waals surface area contributed by atoms with Gasteiger partial charge in [0.05, 0.1) is 12.9 Å². The fourth-order valence-electron chi connectivity index (χ4n) is 2.85. The van der Waals surface area contributed by atoms with Gasteiger partial charge in [-0.15, -0.1) is 0 Å². The Morgan fingerprint density at radius 2 is 2.00 bits per heavy atom. The summed E-state index contributed by atoms with van der Waals surface area (Å²) >= 11 is 0. The third-order valence-corrected chi connectivity index (χ3v) is 6.25. The second-order valence-electron chi connectivity index (χ2n) is 6.01. The van der Waals surface area contributed by atoms with Gasteiger partial charge >= 0.3 is 15.6 Å². The molecule has 2 fully saturated rings. The summed E-state index contributed by atoms with van der Waals surface area (Å²) in [5.41, 5.74) is 0.216. The Kier molecular flexibility index (Phi) is 4.65. The van der Waals surface area contributed by atoms with Crippen LogP contribution in [0.2, 0.25) is 0 Å². The Hall–Kier alpha value is -1.42. The molecule has 0 spiro atoms. The summed E-state index contributed by atoms with van der Waals surface area (Å²) in [5, 5.41) is 32.5. The van der Waals surface area contributed by atoms with Gasteiger partial charge in [0.1, 0.15) is 29.8 Å². The van der Waals surface area contributed by atoms with E-state index in [9.17, 15) is 24.2 Å².